The summed E-state index contributed by atoms with van der Waals surface area (Å²) in [6, 6.07) is 4.29. The lowest BCUT2D eigenvalue weighted by atomic mass is 9.84. The van der Waals surface area contributed by atoms with Gasteiger partial charge in [-0.05, 0) is 37.0 Å². The monoisotopic (exact) mass is 484 g/mol. The van der Waals surface area contributed by atoms with Gasteiger partial charge in [0.05, 0.1) is 29.3 Å². The van der Waals surface area contributed by atoms with Crippen LogP contribution in [-0.2, 0) is 11.3 Å². The Bertz CT molecular complexity index is 1280. The van der Waals surface area contributed by atoms with Crippen molar-refractivity contribution in [3.05, 3.63) is 74.4 Å². The minimum absolute atomic E-state index is 0.0556. The van der Waals surface area contributed by atoms with E-state index in [-0.39, 0.29) is 48.7 Å². The van der Waals surface area contributed by atoms with E-state index in [4.69, 9.17) is 0 Å². The highest BCUT2D eigenvalue weighted by molar-refractivity contribution is 5.77. The molecule has 3 aromatic rings. The number of rotatable bonds is 4. The van der Waals surface area contributed by atoms with E-state index in [2.05, 4.69) is 15.3 Å². The lowest BCUT2D eigenvalue weighted by molar-refractivity contribution is -0.123. The topological polar surface area (TPSA) is 108 Å². The minimum atomic E-state index is -2.62. The van der Waals surface area contributed by atoms with Gasteiger partial charge < -0.3 is 10.3 Å². The van der Waals surface area contributed by atoms with E-state index in [0.29, 0.717) is 24.4 Å². The fourth-order valence-electron chi connectivity index (χ4n) is 3.53. The van der Waals surface area contributed by atoms with Gasteiger partial charge in [-0.3, -0.25) is 19.6 Å². The summed E-state index contributed by atoms with van der Waals surface area (Å²) in [7, 11) is 0. The van der Waals surface area contributed by atoms with Crippen molar-refractivity contribution in [3.63, 3.8) is 0 Å². The van der Waals surface area contributed by atoms with Crippen LogP contribution in [-0.4, -0.2) is 26.8 Å². The largest absolute Gasteiger partial charge is 0.350 e. The minimum Gasteiger partial charge on any atom is -0.350 e. The molecule has 7 nitrogen and oxygen atoms in total. The molecule has 1 aliphatic rings. The van der Waals surface area contributed by atoms with Crippen molar-refractivity contribution >= 4 is 16.8 Å². The van der Waals surface area contributed by atoms with Crippen molar-refractivity contribution in [3.8, 4) is 0 Å². The Hall–Kier alpha value is -3.57. The average molecular weight is 484 g/mol. The van der Waals surface area contributed by atoms with Crippen molar-refractivity contribution in [1.82, 2.24) is 20.3 Å². The molecular weight excluding hydrogens is 463 g/mol. The third kappa shape index (κ3) is 6.96. The lowest BCUT2D eigenvalue weighted by Gasteiger charge is -2.27. The van der Waals surface area contributed by atoms with Gasteiger partial charge in [-0.2, -0.15) is 0 Å². The van der Waals surface area contributed by atoms with Gasteiger partial charge in [0.2, 0.25) is 11.8 Å². The number of hydrogen-bond acceptors (Lipinski definition) is 4. The van der Waals surface area contributed by atoms with Gasteiger partial charge in [-0.25, -0.2) is 26.7 Å². The standard InChI is InChI=1S/C14H16F4N2O.C8H5FN2O2/c15-10-6-11(16)12(19-7-10)8-20-13(21)5-9-1-3-14(17,18)4-2-9;9-4-1-2-6-5(3-4)7(12)11-8(13)10-6/h6-7,9H,1-5,8H2,(H,20,21);1-3H,(H2,10,11,12,13). The molecular formula is C22H21F5N4O3. The summed E-state index contributed by atoms with van der Waals surface area (Å²) >= 11 is 0. The van der Waals surface area contributed by atoms with Gasteiger partial charge in [0.1, 0.15) is 17.5 Å². The molecule has 3 N–H and O–H groups in total. The van der Waals surface area contributed by atoms with Gasteiger partial charge in [0.15, 0.2) is 0 Å². The highest BCUT2D eigenvalue weighted by Crippen LogP contribution is 2.37. The molecule has 12 heteroatoms. The number of halogens is 5. The van der Waals surface area contributed by atoms with Crippen LogP contribution in [0, 0.1) is 23.4 Å². The van der Waals surface area contributed by atoms with E-state index in [9.17, 15) is 36.3 Å². The van der Waals surface area contributed by atoms with Crippen LogP contribution in [0.5, 0.6) is 0 Å². The number of aromatic nitrogens is 3. The Labute approximate surface area is 189 Å². The summed E-state index contributed by atoms with van der Waals surface area (Å²) in [5.41, 5.74) is -0.905. The van der Waals surface area contributed by atoms with Gasteiger partial charge in [0, 0.05) is 25.3 Å². The van der Waals surface area contributed by atoms with E-state index in [1.807, 2.05) is 4.98 Å². The number of hydrogen-bond donors (Lipinski definition) is 3. The van der Waals surface area contributed by atoms with E-state index in [0.717, 1.165) is 12.3 Å². The summed E-state index contributed by atoms with van der Waals surface area (Å²) in [5.74, 6) is -5.15. The zero-order chi connectivity index (χ0) is 24.9. The molecule has 0 aliphatic heterocycles. The highest BCUT2D eigenvalue weighted by Gasteiger charge is 2.35. The molecule has 34 heavy (non-hydrogen) atoms. The van der Waals surface area contributed by atoms with Crippen molar-refractivity contribution in [1.29, 1.82) is 0 Å². The Morgan fingerprint density at radius 3 is 2.44 bits per heavy atom. The van der Waals surface area contributed by atoms with Crippen molar-refractivity contribution in [2.24, 2.45) is 5.92 Å². The molecule has 0 bridgehead atoms. The maximum absolute atomic E-state index is 13.3. The Morgan fingerprint density at radius 1 is 1.06 bits per heavy atom. The van der Waals surface area contributed by atoms with Crippen LogP contribution in [0.15, 0.2) is 40.1 Å². The molecule has 1 saturated carbocycles. The molecule has 0 unspecified atom stereocenters. The van der Waals surface area contributed by atoms with Crippen LogP contribution in [0.3, 0.4) is 0 Å². The number of alkyl halides is 2. The van der Waals surface area contributed by atoms with E-state index < -0.39 is 34.6 Å². The van der Waals surface area contributed by atoms with Gasteiger partial charge in [0.25, 0.3) is 5.56 Å². The molecule has 1 aromatic carbocycles. The molecule has 4 rings (SSSR count). The van der Waals surface area contributed by atoms with E-state index >= 15 is 0 Å². The third-order valence-electron chi connectivity index (χ3n) is 5.35. The number of aromatic amines is 2. The maximum Gasteiger partial charge on any atom is 0.326 e. The quantitative estimate of drug-likeness (QED) is 0.493. The molecule has 2 aromatic heterocycles. The number of nitrogens with zero attached hydrogens (tertiary/aromatic N) is 1. The van der Waals surface area contributed by atoms with E-state index in [1.165, 1.54) is 12.1 Å². The summed E-state index contributed by atoms with van der Waals surface area (Å²) < 4.78 is 64.6. The molecule has 0 saturated heterocycles. The smallest absolute Gasteiger partial charge is 0.326 e. The molecule has 1 fully saturated rings. The number of amides is 1. The maximum atomic E-state index is 13.3. The summed E-state index contributed by atoms with van der Waals surface area (Å²) in [5, 5.41) is 2.61. The molecule has 1 amide bonds. The second-order valence-electron chi connectivity index (χ2n) is 7.96. The van der Waals surface area contributed by atoms with Gasteiger partial charge in [-0.15, -0.1) is 0 Å². The van der Waals surface area contributed by atoms with Crippen LogP contribution in [0.25, 0.3) is 10.9 Å². The normalized spacial score (nSPS) is 15.4. The SMILES string of the molecule is O=C(CC1CCC(F)(F)CC1)NCc1ncc(F)cc1F.O=c1[nH]c(=O)c2cc(F)ccc2[nH]1. The Balaban J connectivity index is 0.000000212. The predicted molar refractivity (Wildman–Crippen MR) is 113 cm³/mol. The third-order valence-corrected chi connectivity index (χ3v) is 5.35. The number of nitrogens with one attached hydrogen (secondary N) is 3. The Kier molecular flexibility index (Phi) is 7.79. The molecule has 1 aliphatic carbocycles. The first kappa shape index (κ1) is 25.1. The van der Waals surface area contributed by atoms with Crippen molar-refractivity contribution < 1.29 is 26.7 Å². The van der Waals surface area contributed by atoms with Crippen LogP contribution < -0.4 is 16.6 Å². The summed E-state index contributed by atoms with van der Waals surface area (Å²) in [6.45, 7) is -0.145. The number of fused-ring (bicyclic) bond motifs is 1. The molecule has 0 radical (unpaired) electrons. The molecule has 0 atom stereocenters. The average Bonchev–Trinajstić information content (AvgIpc) is 2.76. The fraction of sp³-hybridized carbons (Fsp3) is 0.364. The number of benzene rings is 1. The fourth-order valence-corrected chi connectivity index (χ4v) is 3.53. The molecule has 0 spiro atoms. The van der Waals surface area contributed by atoms with Crippen molar-refractivity contribution in [2.45, 2.75) is 44.6 Å². The van der Waals surface area contributed by atoms with Crippen LogP contribution in [0.4, 0.5) is 22.0 Å². The van der Waals surface area contributed by atoms with Crippen LogP contribution in [0.1, 0.15) is 37.8 Å². The van der Waals surface area contributed by atoms with E-state index in [1.54, 1.807) is 0 Å². The summed E-state index contributed by atoms with van der Waals surface area (Å²) in [6.07, 6.45) is 1.23. The number of carbonyl (C=O) groups is 1. The van der Waals surface area contributed by atoms with Crippen LogP contribution in [0.2, 0.25) is 0 Å². The van der Waals surface area contributed by atoms with Gasteiger partial charge in [-0.1, -0.05) is 0 Å². The number of H-pyrrole nitrogens is 2. The highest BCUT2D eigenvalue weighted by atomic mass is 19.3. The first-order valence-electron chi connectivity index (χ1n) is 10.4. The zero-order valence-corrected chi connectivity index (χ0v) is 17.8. The first-order chi connectivity index (χ1) is 16.0. The number of pyridine rings is 1. The Morgan fingerprint density at radius 2 is 1.76 bits per heavy atom. The zero-order valence-electron chi connectivity index (χ0n) is 17.8. The van der Waals surface area contributed by atoms with Gasteiger partial charge >= 0.3 is 5.69 Å². The summed E-state index contributed by atoms with van der Waals surface area (Å²) in [4.78, 5) is 41.5. The molecule has 2 heterocycles. The van der Waals surface area contributed by atoms with Crippen molar-refractivity contribution in [2.75, 3.05) is 0 Å². The van der Waals surface area contributed by atoms with Crippen LogP contribution >= 0.6 is 0 Å². The number of carbonyl (C=O) groups excluding carboxylic acids is 1. The second kappa shape index (κ2) is 10.6. The lowest BCUT2D eigenvalue weighted by Crippen LogP contribution is -2.30. The second-order valence-corrected chi connectivity index (χ2v) is 7.96. The first-order valence-corrected chi connectivity index (χ1v) is 10.4. The predicted octanol–water partition coefficient (Wildman–Crippen LogP) is 3.55. The molecule has 182 valence electrons.